The molecular weight excluding hydrogens is 372 g/mol. The van der Waals surface area contributed by atoms with E-state index in [0.717, 1.165) is 10.0 Å². The molecule has 0 unspecified atom stereocenters. The number of halogens is 1. The first-order valence-electron chi connectivity index (χ1n) is 7.57. The van der Waals surface area contributed by atoms with E-state index < -0.39 is 11.8 Å². The number of nitrogens with zero attached hydrogens (tertiary/aromatic N) is 2. The SMILES string of the molecule is C[C@@H](C(=O)N(C)Cc1ccccc1Br)n1c(=O)oc2ccccc21. The summed E-state index contributed by atoms with van der Waals surface area (Å²) in [5.41, 5.74) is 2.11. The van der Waals surface area contributed by atoms with Crippen LogP contribution in [-0.4, -0.2) is 22.4 Å². The fraction of sp³-hybridized carbons (Fsp3) is 0.222. The van der Waals surface area contributed by atoms with Crippen molar-refractivity contribution in [2.45, 2.75) is 19.5 Å². The average Bonchev–Trinajstić information content (AvgIpc) is 2.91. The number of fused-ring (bicyclic) bond motifs is 1. The van der Waals surface area contributed by atoms with Crippen molar-refractivity contribution in [3.63, 3.8) is 0 Å². The summed E-state index contributed by atoms with van der Waals surface area (Å²) in [6.45, 7) is 2.16. The lowest BCUT2D eigenvalue weighted by molar-refractivity contribution is -0.133. The van der Waals surface area contributed by atoms with Crippen LogP contribution < -0.4 is 5.76 Å². The van der Waals surface area contributed by atoms with E-state index in [1.165, 1.54) is 4.57 Å². The summed E-state index contributed by atoms with van der Waals surface area (Å²) in [5.74, 6) is -0.675. The monoisotopic (exact) mass is 388 g/mol. The van der Waals surface area contributed by atoms with E-state index in [0.29, 0.717) is 17.6 Å². The van der Waals surface area contributed by atoms with Gasteiger partial charge in [-0.25, -0.2) is 4.79 Å². The van der Waals surface area contributed by atoms with Crippen LogP contribution in [0.2, 0.25) is 0 Å². The van der Waals surface area contributed by atoms with Gasteiger partial charge in [-0.1, -0.05) is 46.3 Å². The molecule has 0 aliphatic heterocycles. The zero-order valence-electron chi connectivity index (χ0n) is 13.4. The molecule has 0 bridgehead atoms. The van der Waals surface area contributed by atoms with Gasteiger partial charge >= 0.3 is 5.76 Å². The van der Waals surface area contributed by atoms with Gasteiger partial charge in [0.1, 0.15) is 6.04 Å². The number of oxazole rings is 1. The van der Waals surface area contributed by atoms with Gasteiger partial charge in [-0.2, -0.15) is 0 Å². The van der Waals surface area contributed by atoms with Crippen LogP contribution in [0.15, 0.2) is 62.2 Å². The summed E-state index contributed by atoms with van der Waals surface area (Å²) in [6, 6.07) is 14.2. The number of hydrogen-bond acceptors (Lipinski definition) is 3. The Morgan fingerprint density at radius 3 is 2.62 bits per heavy atom. The van der Waals surface area contributed by atoms with Gasteiger partial charge in [0, 0.05) is 18.1 Å². The summed E-state index contributed by atoms with van der Waals surface area (Å²) in [4.78, 5) is 26.5. The highest BCUT2D eigenvalue weighted by Gasteiger charge is 2.24. The lowest BCUT2D eigenvalue weighted by Gasteiger charge is -2.22. The van der Waals surface area contributed by atoms with Gasteiger partial charge in [-0.15, -0.1) is 0 Å². The number of amides is 1. The van der Waals surface area contributed by atoms with Gasteiger partial charge in [0.15, 0.2) is 5.58 Å². The van der Waals surface area contributed by atoms with Crippen LogP contribution in [0, 0.1) is 0 Å². The van der Waals surface area contributed by atoms with Gasteiger partial charge in [0.25, 0.3) is 0 Å². The van der Waals surface area contributed by atoms with Crippen LogP contribution in [0.3, 0.4) is 0 Å². The second-order valence-electron chi connectivity index (χ2n) is 5.67. The lowest BCUT2D eigenvalue weighted by Crippen LogP contribution is -2.35. The van der Waals surface area contributed by atoms with E-state index in [1.54, 1.807) is 37.1 Å². The second-order valence-corrected chi connectivity index (χ2v) is 6.52. The van der Waals surface area contributed by atoms with Gasteiger partial charge in [-0.05, 0) is 30.7 Å². The summed E-state index contributed by atoms with van der Waals surface area (Å²) in [6.07, 6.45) is 0. The minimum absolute atomic E-state index is 0.153. The van der Waals surface area contributed by atoms with Crippen molar-refractivity contribution in [2.75, 3.05) is 7.05 Å². The van der Waals surface area contributed by atoms with Crippen molar-refractivity contribution in [2.24, 2.45) is 0 Å². The third-order valence-electron chi connectivity index (χ3n) is 4.01. The molecule has 3 aromatic rings. The molecule has 6 heteroatoms. The topological polar surface area (TPSA) is 55.5 Å². The zero-order chi connectivity index (χ0) is 17.3. The molecule has 0 aliphatic carbocycles. The van der Waals surface area contributed by atoms with Crippen molar-refractivity contribution in [3.05, 3.63) is 69.1 Å². The molecule has 0 aliphatic rings. The molecule has 0 fully saturated rings. The first-order chi connectivity index (χ1) is 11.5. The highest BCUT2D eigenvalue weighted by molar-refractivity contribution is 9.10. The number of benzene rings is 2. The van der Waals surface area contributed by atoms with Crippen molar-refractivity contribution < 1.29 is 9.21 Å². The van der Waals surface area contributed by atoms with Crippen molar-refractivity contribution in [3.8, 4) is 0 Å². The highest BCUT2D eigenvalue weighted by atomic mass is 79.9. The largest absolute Gasteiger partial charge is 0.420 e. The molecule has 0 N–H and O–H groups in total. The van der Waals surface area contributed by atoms with Crippen molar-refractivity contribution >= 4 is 32.9 Å². The number of hydrogen-bond donors (Lipinski definition) is 0. The molecule has 2 aromatic carbocycles. The Morgan fingerprint density at radius 1 is 1.21 bits per heavy atom. The molecule has 1 heterocycles. The van der Waals surface area contributed by atoms with Crippen LogP contribution in [0.25, 0.3) is 11.1 Å². The van der Waals surface area contributed by atoms with E-state index in [9.17, 15) is 9.59 Å². The van der Waals surface area contributed by atoms with Crippen LogP contribution in [-0.2, 0) is 11.3 Å². The number of carbonyl (C=O) groups excluding carboxylic acids is 1. The zero-order valence-corrected chi connectivity index (χ0v) is 15.0. The second kappa shape index (κ2) is 6.65. The molecule has 24 heavy (non-hydrogen) atoms. The van der Waals surface area contributed by atoms with Gasteiger partial charge in [-0.3, -0.25) is 9.36 Å². The highest BCUT2D eigenvalue weighted by Crippen LogP contribution is 2.21. The molecule has 0 radical (unpaired) electrons. The quantitative estimate of drug-likeness (QED) is 0.686. The Morgan fingerprint density at radius 2 is 1.88 bits per heavy atom. The summed E-state index contributed by atoms with van der Waals surface area (Å²) in [5, 5.41) is 0. The Bertz CT molecular complexity index is 945. The van der Waals surface area contributed by atoms with E-state index >= 15 is 0 Å². The van der Waals surface area contributed by atoms with Crippen LogP contribution in [0.5, 0.6) is 0 Å². The molecule has 3 rings (SSSR count). The maximum Gasteiger partial charge on any atom is 0.420 e. The average molecular weight is 389 g/mol. The standard InChI is InChI=1S/C18H17BrN2O3/c1-12(21-15-9-5-6-10-16(15)24-18(21)23)17(22)20(2)11-13-7-3-4-8-14(13)19/h3-10,12H,11H2,1-2H3/t12-/m0/s1. The van der Waals surface area contributed by atoms with Gasteiger partial charge in [0.05, 0.1) is 5.52 Å². The van der Waals surface area contributed by atoms with E-state index in [4.69, 9.17) is 4.42 Å². The molecule has 124 valence electrons. The van der Waals surface area contributed by atoms with Crippen LogP contribution in [0.4, 0.5) is 0 Å². The number of aromatic nitrogens is 1. The Kier molecular flexibility index (Phi) is 4.57. The van der Waals surface area contributed by atoms with Crippen LogP contribution in [0.1, 0.15) is 18.5 Å². The first kappa shape index (κ1) is 16.5. The first-order valence-corrected chi connectivity index (χ1v) is 8.37. The smallest absolute Gasteiger partial charge is 0.408 e. The van der Waals surface area contributed by atoms with E-state index in [1.807, 2.05) is 30.3 Å². The Labute approximate surface area is 147 Å². The minimum Gasteiger partial charge on any atom is -0.408 e. The maximum absolute atomic E-state index is 12.8. The van der Waals surface area contributed by atoms with E-state index in [2.05, 4.69) is 15.9 Å². The summed E-state index contributed by atoms with van der Waals surface area (Å²) < 4.78 is 7.56. The summed E-state index contributed by atoms with van der Waals surface area (Å²) >= 11 is 3.49. The number of carbonyl (C=O) groups is 1. The molecule has 5 nitrogen and oxygen atoms in total. The Hall–Kier alpha value is -2.34. The molecule has 0 saturated heterocycles. The predicted molar refractivity (Wildman–Crippen MR) is 95.8 cm³/mol. The maximum atomic E-state index is 12.8. The third kappa shape index (κ3) is 3.01. The molecule has 0 spiro atoms. The fourth-order valence-corrected chi connectivity index (χ4v) is 3.15. The van der Waals surface area contributed by atoms with Crippen LogP contribution >= 0.6 is 15.9 Å². The Balaban J connectivity index is 1.87. The molecule has 1 amide bonds. The van der Waals surface area contributed by atoms with Crippen molar-refractivity contribution in [1.82, 2.24) is 9.47 Å². The van der Waals surface area contributed by atoms with Crippen molar-refractivity contribution in [1.29, 1.82) is 0 Å². The molecule has 0 saturated carbocycles. The van der Waals surface area contributed by atoms with Gasteiger partial charge < -0.3 is 9.32 Å². The molecule has 1 atom stereocenters. The predicted octanol–water partition coefficient (Wildman–Crippen LogP) is 3.58. The number of rotatable bonds is 4. The number of likely N-dealkylation sites (N-methyl/N-ethyl adjacent to an activating group) is 1. The fourth-order valence-electron chi connectivity index (χ4n) is 2.74. The normalized spacial score (nSPS) is 12.3. The number of para-hydroxylation sites is 2. The lowest BCUT2D eigenvalue weighted by atomic mass is 10.2. The van der Waals surface area contributed by atoms with Gasteiger partial charge in [0.2, 0.25) is 5.91 Å². The third-order valence-corrected chi connectivity index (χ3v) is 4.78. The minimum atomic E-state index is -0.645. The summed E-state index contributed by atoms with van der Waals surface area (Å²) in [7, 11) is 1.73. The molecular formula is C18H17BrN2O3. The molecule has 1 aromatic heterocycles. The van der Waals surface area contributed by atoms with E-state index in [-0.39, 0.29) is 5.91 Å².